The lowest BCUT2D eigenvalue weighted by Gasteiger charge is -2.23. The van der Waals surface area contributed by atoms with Gasteiger partial charge in [0.2, 0.25) is 0 Å². The van der Waals surface area contributed by atoms with E-state index >= 15 is 0 Å². The van der Waals surface area contributed by atoms with Gasteiger partial charge in [-0.05, 0) is 18.4 Å². The van der Waals surface area contributed by atoms with E-state index in [1.54, 1.807) is 6.20 Å². The van der Waals surface area contributed by atoms with Gasteiger partial charge < -0.3 is 11.1 Å². The normalized spacial score (nSPS) is 32.2. The van der Waals surface area contributed by atoms with E-state index in [-0.39, 0.29) is 0 Å². The van der Waals surface area contributed by atoms with Crippen LogP contribution in [-0.4, -0.2) is 11.5 Å². The molecule has 1 rings (SSSR count). The van der Waals surface area contributed by atoms with E-state index < -0.39 is 5.00 Å². The maximum absolute atomic E-state index is 5.89. The minimum Gasteiger partial charge on any atom is -0.369 e. The molecule has 0 saturated heterocycles. The monoisotopic (exact) mass is 144 g/mol. The summed E-state index contributed by atoms with van der Waals surface area (Å²) >= 11 is 5.89. The lowest BCUT2D eigenvalue weighted by Crippen LogP contribution is -2.42. The smallest absolute Gasteiger partial charge is 0.143 e. The van der Waals surface area contributed by atoms with Crippen molar-refractivity contribution in [1.29, 1.82) is 0 Å². The van der Waals surface area contributed by atoms with E-state index in [1.807, 2.05) is 18.2 Å². The quantitative estimate of drug-likeness (QED) is 0.417. The summed E-state index contributed by atoms with van der Waals surface area (Å²) in [4.78, 5) is -0.547. The van der Waals surface area contributed by atoms with Crippen molar-refractivity contribution >= 4 is 11.6 Å². The van der Waals surface area contributed by atoms with Gasteiger partial charge in [0.1, 0.15) is 5.00 Å². The predicted octanol–water partition coefficient (Wildman–Crippen LogP) is 0.553. The van der Waals surface area contributed by atoms with Gasteiger partial charge >= 0.3 is 0 Å². The minimum absolute atomic E-state index is 0.398. The molecule has 1 unspecified atom stereocenters. The summed E-state index contributed by atoms with van der Waals surface area (Å²) in [5, 5.41) is 2.92. The molecule has 0 aliphatic carbocycles. The molecule has 2 nitrogen and oxygen atoms in total. The van der Waals surface area contributed by atoms with Crippen molar-refractivity contribution in [3.63, 3.8) is 0 Å². The first kappa shape index (κ1) is 6.65. The zero-order valence-electron chi connectivity index (χ0n) is 4.97. The minimum atomic E-state index is -0.547. The number of hydrogen-bond acceptors (Lipinski definition) is 2. The molecule has 0 bridgehead atoms. The van der Waals surface area contributed by atoms with Crippen LogP contribution in [0.25, 0.3) is 0 Å². The summed E-state index contributed by atoms with van der Waals surface area (Å²) < 4.78 is 0. The van der Waals surface area contributed by atoms with Gasteiger partial charge in [-0.25, -0.2) is 0 Å². The van der Waals surface area contributed by atoms with E-state index in [2.05, 4.69) is 5.32 Å². The highest BCUT2D eigenvalue weighted by molar-refractivity contribution is 6.25. The van der Waals surface area contributed by atoms with Gasteiger partial charge in [-0.1, -0.05) is 17.7 Å². The van der Waals surface area contributed by atoms with Crippen molar-refractivity contribution in [3.05, 3.63) is 24.4 Å². The van der Waals surface area contributed by atoms with Crippen LogP contribution in [0.4, 0.5) is 0 Å². The molecule has 1 heterocycles. The van der Waals surface area contributed by atoms with Crippen LogP contribution in [-0.2, 0) is 0 Å². The highest BCUT2D eigenvalue weighted by Crippen LogP contribution is 2.13. The average molecular weight is 145 g/mol. The number of halogens is 1. The number of nitrogens with one attached hydrogen (secondary N) is 1. The lowest BCUT2D eigenvalue weighted by atomic mass is 10.2. The third kappa shape index (κ3) is 1.47. The summed E-state index contributed by atoms with van der Waals surface area (Å²) in [7, 11) is 0. The predicted molar refractivity (Wildman–Crippen MR) is 39.1 cm³/mol. The molecule has 0 aromatic heterocycles. The Morgan fingerprint density at radius 2 is 2.33 bits per heavy atom. The van der Waals surface area contributed by atoms with Crippen molar-refractivity contribution in [1.82, 2.24) is 5.32 Å². The van der Waals surface area contributed by atoms with Crippen LogP contribution in [0.1, 0.15) is 0 Å². The van der Waals surface area contributed by atoms with Crippen molar-refractivity contribution in [2.45, 2.75) is 5.00 Å². The molecule has 0 aromatic rings. The van der Waals surface area contributed by atoms with Gasteiger partial charge in [0.25, 0.3) is 0 Å². The second-order valence-electron chi connectivity index (χ2n) is 1.93. The van der Waals surface area contributed by atoms with E-state index in [9.17, 15) is 0 Å². The summed E-state index contributed by atoms with van der Waals surface area (Å²) in [5.41, 5.74) is 5.36. The van der Waals surface area contributed by atoms with Gasteiger partial charge in [0, 0.05) is 6.54 Å². The number of allylic oxidation sites excluding steroid dienone is 2. The molecular weight excluding hydrogens is 136 g/mol. The van der Waals surface area contributed by atoms with Crippen LogP contribution in [0.15, 0.2) is 24.4 Å². The molecule has 3 heteroatoms. The third-order valence-corrected chi connectivity index (χ3v) is 1.58. The Morgan fingerprint density at radius 1 is 1.56 bits per heavy atom. The van der Waals surface area contributed by atoms with Gasteiger partial charge in [-0.15, -0.1) is 0 Å². The number of nitrogens with two attached hydrogens (primary N) is 1. The summed E-state index contributed by atoms with van der Waals surface area (Å²) in [6.07, 6.45) is 7.35. The first-order valence-corrected chi connectivity index (χ1v) is 3.16. The Morgan fingerprint density at radius 3 is 2.67 bits per heavy atom. The number of dihydropyridines is 1. The molecule has 50 valence electrons. The average Bonchev–Trinajstić information content (AvgIpc) is 1.90. The Hall–Kier alpha value is -0.470. The van der Waals surface area contributed by atoms with E-state index in [4.69, 9.17) is 17.3 Å². The van der Waals surface area contributed by atoms with Crippen LogP contribution in [0.3, 0.4) is 0 Å². The SMILES string of the molecule is NCC1(Cl)C=CC=CN1. The molecule has 0 spiro atoms. The fraction of sp³-hybridized carbons (Fsp3) is 0.333. The molecule has 0 radical (unpaired) electrons. The molecule has 3 N–H and O–H groups in total. The highest BCUT2D eigenvalue weighted by atomic mass is 35.5. The van der Waals surface area contributed by atoms with Crippen molar-refractivity contribution in [2.75, 3.05) is 6.54 Å². The Kier molecular flexibility index (Phi) is 1.78. The fourth-order valence-electron chi connectivity index (χ4n) is 0.625. The summed E-state index contributed by atoms with van der Waals surface area (Å²) in [6, 6.07) is 0. The molecule has 9 heavy (non-hydrogen) atoms. The number of hydrogen-bond donors (Lipinski definition) is 2. The summed E-state index contributed by atoms with van der Waals surface area (Å²) in [6.45, 7) is 0.398. The first-order valence-electron chi connectivity index (χ1n) is 2.78. The second-order valence-corrected chi connectivity index (χ2v) is 2.60. The largest absolute Gasteiger partial charge is 0.369 e. The Labute approximate surface area is 59.4 Å². The topological polar surface area (TPSA) is 38.0 Å². The lowest BCUT2D eigenvalue weighted by molar-refractivity contribution is 0.633. The number of alkyl halides is 1. The zero-order valence-corrected chi connectivity index (χ0v) is 5.73. The van der Waals surface area contributed by atoms with Crippen LogP contribution in [0, 0.1) is 0 Å². The standard InChI is InChI=1S/C6H9ClN2/c7-6(5-8)3-1-2-4-9-6/h1-4,9H,5,8H2. The number of rotatable bonds is 1. The van der Waals surface area contributed by atoms with Crippen LogP contribution < -0.4 is 11.1 Å². The van der Waals surface area contributed by atoms with Crippen molar-refractivity contribution in [2.24, 2.45) is 5.73 Å². The maximum atomic E-state index is 5.89. The molecule has 0 aromatic carbocycles. The molecule has 1 aliphatic heterocycles. The van der Waals surface area contributed by atoms with Crippen molar-refractivity contribution < 1.29 is 0 Å². The van der Waals surface area contributed by atoms with Gasteiger partial charge in [0.15, 0.2) is 0 Å². The summed E-state index contributed by atoms with van der Waals surface area (Å²) in [5.74, 6) is 0. The Bertz CT molecular complexity index is 153. The molecule has 0 amide bonds. The van der Waals surface area contributed by atoms with Crippen LogP contribution >= 0.6 is 11.6 Å². The van der Waals surface area contributed by atoms with E-state index in [0.29, 0.717) is 6.54 Å². The maximum Gasteiger partial charge on any atom is 0.143 e. The molecule has 1 aliphatic rings. The molecule has 0 fully saturated rings. The van der Waals surface area contributed by atoms with Crippen LogP contribution in [0.5, 0.6) is 0 Å². The molecule has 1 atom stereocenters. The van der Waals surface area contributed by atoms with E-state index in [0.717, 1.165) is 0 Å². The van der Waals surface area contributed by atoms with Gasteiger partial charge in [0.05, 0.1) is 0 Å². The highest BCUT2D eigenvalue weighted by Gasteiger charge is 2.19. The Balaban J connectivity index is 2.63. The molecular formula is C6H9ClN2. The molecule has 0 saturated carbocycles. The zero-order chi connectivity index (χ0) is 6.74. The van der Waals surface area contributed by atoms with Crippen molar-refractivity contribution in [3.8, 4) is 0 Å². The van der Waals surface area contributed by atoms with Gasteiger partial charge in [-0.2, -0.15) is 0 Å². The second kappa shape index (κ2) is 2.42. The van der Waals surface area contributed by atoms with Gasteiger partial charge in [-0.3, -0.25) is 0 Å². The third-order valence-electron chi connectivity index (χ3n) is 1.19. The van der Waals surface area contributed by atoms with Crippen LogP contribution in [0.2, 0.25) is 0 Å². The first-order chi connectivity index (χ1) is 4.27. The fourth-order valence-corrected chi connectivity index (χ4v) is 0.761. The van der Waals surface area contributed by atoms with E-state index in [1.165, 1.54) is 0 Å².